The molecule has 0 atom stereocenters. The van der Waals surface area contributed by atoms with Gasteiger partial charge in [-0.25, -0.2) is 4.79 Å². The van der Waals surface area contributed by atoms with Crippen molar-refractivity contribution < 1.29 is 14.4 Å². The number of thiophene rings is 1. The second-order valence-electron chi connectivity index (χ2n) is 8.22. The molecule has 4 amide bonds. The van der Waals surface area contributed by atoms with Gasteiger partial charge in [-0.15, -0.1) is 11.3 Å². The van der Waals surface area contributed by atoms with E-state index in [2.05, 4.69) is 15.5 Å². The largest absolute Gasteiger partial charge is 0.367 e. The fourth-order valence-electron chi connectivity index (χ4n) is 3.83. The van der Waals surface area contributed by atoms with Crippen LogP contribution in [0.25, 0.3) is 0 Å². The predicted molar refractivity (Wildman–Crippen MR) is 133 cm³/mol. The van der Waals surface area contributed by atoms with Crippen LogP contribution in [0.2, 0.25) is 0 Å². The zero-order valence-corrected chi connectivity index (χ0v) is 20.6. The minimum absolute atomic E-state index is 0.0595. The molecule has 0 saturated carbocycles. The summed E-state index contributed by atoms with van der Waals surface area (Å²) in [5, 5.41) is 7.69. The van der Waals surface area contributed by atoms with Gasteiger partial charge in [0.2, 0.25) is 0 Å². The Hall–Kier alpha value is -3.07. The molecule has 2 N–H and O–H groups in total. The molecular weight excluding hydrogens is 438 g/mol. The van der Waals surface area contributed by atoms with Gasteiger partial charge in [0.25, 0.3) is 11.8 Å². The summed E-state index contributed by atoms with van der Waals surface area (Å²) in [5.41, 5.74) is 1.97. The lowest BCUT2D eigenvalue weighted by Gasteiger charge is -2.37. The van der Waals surface area contributed by atoms with E-state index in [4.69, 9.17) is 0 Å². The highest BCUT2D eigenvalue weighted by atomic mass is 32.1. The molecule has 0 aliphatic carbocycles. The predicted octanol–water partition coefficient (Wildman–Crippen LogP) is 3.72. The highest BCUT2D eigenvalue weighted by Gasteiger charge is 2.26. The van der Waals surface area contributed by atoms with Crippen LogP contribution in [0.5, 0.6) is 0 Å². The molecular formula is C24H33N5O3S. The van der Waals surface area contributed by atoms with Crippen LogP contribution in [0.4, 0.5) is 16.2 Å². The minimum atomic E-state index is -0.191. The van der Waals surface area contributed by atoms with Gasteiger partial charge in [0, 0.05) is 56.7 Å². The van der Waals surface area contributed by atoms with Crippen molar-refractivity contribution in [3.63, 3.8) is 0 Å². The zero-order valence-electron chi connectivity index (χ0n) is 19.8. The SMILES string of the molecule is CCN(CC)C(=O)c1cc(NC(=O)c2cccs2)ccc1N1CCN(C(=O)NC(C)C)CC1. The van der Waals surface area contributed by atoms with E-state index in [0.717, 1.165) is 5.69 Å². The van der Waals surface area contributed by atoms with Gasteiger partial charge >= 0.3 is 6.03 Å². The highest BCUT2D eigenvalue weighted by Crippen LogP contribution is 2.28. The minimum Gasteiger partial charge on any atom is -0.367 e. The maximum Gasteiger partial charge on any atom is 0.317 e. The molecule has 8 nitrogen and oxygen atoms in total. The number of rotatable bonds is 7. The quantitative estimate of drug-likeness (QED) is 0.645. The number of carbonyl (C=O) groups excluding carboxylic acids is 3. The molecule has 1 aromatic carbocycles. The van der Waals surface area contributed by atoms with E-state index in [1.807, 2.05) is 51.3 Å². The Morgan fingerprint density at radius 2 is 1.76 bits per heavy atom. The van der Waals surface area contributed by atoms with Crippen molar-refractivity contribution in [1.29, 1.82) is 0 Å². The van der Waals surface area contributed by atoms with Crippen LogP contribution in [-0.4, -0.2) is 73.0 Å². The molecule has 1 saturated heterocycles. The van der Waals surface area contributed by atoms with E-state index in [0.29, 0.717) is 55.4 Å². The highest BCUT2D eigenvalue weighted by molar-refractivity contribution is 7.12. The van der Waals surface area contributed by atoms with Crippen LogP contribution in [0.3, 0.4) is 0 Å². The first-order chi connectivity index (χ1) is 15.8. The molecule has 0 unspecified atom stereocenters. The first kappa shape index (κ1) is 24.6. The summed E-state index contributed by atoms with van der Waals surface area (Å²) < 4.78 is 0. The van der Waals surface area contributed by atoms with Crippen LogP contribution in [0.15, 0.2) is 35.7 Å². The summed E-state index contributed by atoms with van der Waals surface area (Å²) in [5.74, 6) is -0.258. The van der Waals surface area contributed by atoms with E-state index in [-0.39, 0.29) is 23.9 Å². The number of nitrogens with zero attached hydrogens (tertiary/aromatic N) is 3. The van der Waals surface area contributed by atoms with Crippen LogP contribution in [0, 0.1) is 0 Å². The molecule has 1 fully saturated rings. The third-order valence-electron chi connectivity index (χ3n) is 5.60. The Morgan fingerprint density at radius 1 is 1.06 bits per heavy atom. The first-order valence-corrected chi connectivity index (χ1v) is 12.3. The maximum atomic E-state index is 13.3. The van der Waals surface area contributed by atoms with Crippen LogP contribution in [0.1, 0.15) is 47.7 Å². The molecule has 3 rings (SSSR count). The Balaban J connectivity index is 1.82. The number of benzene rings is 1. The van der Waals surface area contributed by atoms with Crippen molar-refractivity contribution in [1.82, 2.24) is 15.1 Å². The van der Waals surface area contributed by atoms with E-state index < -0.39 is 0 Å². The molecule has 1 aliphatic heterocycles. The monoisotopic (exact) mass is 471 g/mol. The molecule has 0 spiro atoms. The number of carbonyl (C=O) groups is 3. The van der Waals surface area contributed by atoms with Crippen molar-refractivity contribution >= 4 is 40.6 Å². The smallest absolute Gasteiger partial charge is 0.317 e. The Bertz CT molecular complexity index is 964. The summed E-state index contributed by atoms with van der Waals surface area (Å²) >= 11 is 1.37. The van der Waals surface area contributed by atoms with Gasteiger partial charge in [0.05, 0.1) is 10.4 Å². The number of urea groups is 1. The van der Waals surface area contributed by atoms with E-state index in [1.165, 1.54) is 11.3 Å². The lowest BCUT2D eigenvalue weighted by atomic mass is 10.1. The fourth-order valence-corrected chi connectivity index (χ4v) is 4.45. The number of hydrogen-bond acceptors (Lipinski definition) is 5. The van der Waals surface area contributed by atoms with Crippen molar-refractivity contribution in [2.75, 3.05) is 49.5 Å². The molecule has 1 aromatic heterocycles. The second kappa shape index (κ2) is 11.2. The summed E-state index contributed by atoms with van der Waals surface area (Å²) in [6.07, 6.45) is 0. The van der Waals surface area contributed by atoms with E-state index >= 15 is 0 Å². The van der Waals surface area contributed by atoms with Crippen LogP contribution >= 0.6 is 11.3 Å². The van der Waals surface area contributed by atoms with Crippen molar-refractivity contribution in [2.24, 2.45) is 0 Å². The van der Waals surface area contributed by atoms with Gasteiger partial charge in [-0.05, 0) is 57.3 Å². The van der Waals surface area contributed by atoms with Crippen molar-refractivity contribution in [3.8, 4) is 0 Å². The molecule has 2 aromatic rings. The Morgan fingerprint density at radius 3 is 2.33 bits per heavy atom. The van der Waals surface area contributed by atoms with Gasteiger partial charge in [-0.3, -0.25) is 9.59 Å². The topological polar surface area (TPSA) is 85.0 Å². The van der Waals surface area contributed by atoms with Gasteiger partial charge < -0.3 is 25.3 Å². The van der Waals surface area contributed by atoms with E-state index in [1.54, 1.807) is 21.9 Å². The standard InChI is InChI=1S/C24H33N5O3S/c1-5-27(6-2)23(31)19-16-18(26-22(30)21-8-7-15-33-21)9-10-20(19)28-11-13-29(14-12-28)24(32)25-17(3)4/h7-10,15-17H,5-6,11-14H2,1-4H3,(H,25,32)(H,26,30). The van der Waals surface area contributed by atoms with Gasteiger partial charge in [0.1, 0.15) is 0 Å². The average molecular weight is 472 g/mol. The average Bonchev–Trinajstić information content (AvgIpc) is 3.35. The van der Waals surface area contributed by atoms with Crippen molar-refractivity contribution in [3.05, 3.63) is 46.2 Å². The summed E-state index contributed by atoms with van der Waals surface area (Å²) in [6, 6.07) is 9.12. The number of hydrogen-bond donors (Lipinski definition) is 2. The zero-order chi connectivity index (χ0) is 24.0. The Labute approximate surface area is 199 Å². The third kappa shape index (κ3) is 6.04. The summed E-state index contributed by atoms with van der Waals surface area (Å²) in [7, 11) is 0. The second-order valence-corrected chi connectivity index (χ2v) is 9.17. The third-order valence-corrected chi connectivity index (χ3v) is 6.47. The normalized spacial score (nSPS) is 13.7. The van der Waals surface area contributed by atoms with Gasteiger partial charge in [0.15, 0.2) is 0 Å². The molecule has 0 radical (unpaired) electrons. The molecule has 0 bridgehead atoms. The first-order valence-electron chi connectivity index (χ1n) is 11.4. The van der Waals surface area contributed by atoms with Crippen LogP contribution in [-0.2, 0) is 0 Å². The summed E-state index contributed by atoms with van der Waals surface area (Å²) in [6.45, 7) is 11.4. The fraction of sp³-hybridized carbons (Fsp3) is 0.458. The molecule has 9 heteroatoms. The number of amides is 4. The molecule has 33 heavy (non-hydrogen) atoms. The van der Waals surface area contributed by atoms with Crippen molar-refractivity contribution in [2.45, 2.75) is 33.7 Å². The number of anilines is 2. The molecule has 2 heterocycles. The molecule has 178 valence electrons. The lowest BCUT2D eigenvalue weighted by Crippen LogP contribution is -2.53. The lowest BCUT2D eigenvalue weighted by molar-refractivity contribution is 0.0773. The Kier molecular flexibility index (Phi) is 8.32. The maximum absolute atomic E-state index is 13.3. The number of piperazine rings is 1. The summed E-state index contributed by atoms with van der Waals surface area (Å²) in [4.78, 5) is 44.5. The van der Waals surface area contributed by atoms with Crippen LogP contribution < -0.4 is 15.5 Å². The van der Waals surface area contributed by atoms with Gasteiger partial charge in [-0.1, -0.05) is 6.07 Å². The number of nitrogens with one attached hydrogen (secondary N) is 2. The molecule has 1 aliphatic rings. The van der Waals surface area contributed by atoms with Gasteiger partial charge in [-0.2, -0.15) is 0 Å². The van der Waals surface area contributed by atoms with E-state index in [9.17, 15) is 14.4 Å².